The van der Waals surface area contributed by atoms with E-state index >= 15 is 0 Å². The lowest BCUT2D eigenvalue weighted by molar-refractivity contribution is -0.150. The number of alkyl carbamates (subject to hydrolysis) is 1. The molecule has 2 aliphatic heterocycles. The first-order valence-electron chi connectivity index (χ1n) is 13.0. The van der Waals surface area contributed by atoms with Crippen LogP contribution >= 0.6 is 0 Å². The molecule has 0 unspecified atom stereocenters. The van der Waals surface area contributed by atoms with E-state index in [9.17, 15) is 24.3 Å². The number of allylic oxidation sites excluding steroid dienone is 1. The van der Waals surface area contributed by atoms with Crippen LogP contribution in [-0.2, 0) is 23.9 Å². The number of esters is 1. The molecule has 3 rings (SSSR count). The highest BCUT2D eigenvalue weighted by Gasteiger charge is 2.63. The molecule has 0 spiro atoms. The van der Waals surface area contributed by atoms with Crippen molar-refractivity contribution in [1.29, 1.82) is 0 Å². The minimum Gasteiger partial charge on any atom is -0.464 e. The molecule has 3 amide bonds. The van der Waals surface area contributed by atoms with Crippen LogP contribution in [0.2, 0.25) is 0 Å². The van der Waals surface area contributed by atoms with E-state index in [1.165, 1.54) is 4.90 Å². The summed E-state index contributed by atoms with van der Waals surface area (Å²) in [6.07, 6.45) is 4.63. The second-order valence-corrected chi connectivity index (χ2v) is 11.1. The molecule has 3 aliphatic rings. The maximum atomic E-state index is 13.6. The van der Waals surface area contributed by atoms with Crippen molar-refractivity contribution in [3.63, 3.8) is 0 Å². The molecule has 2 heterocycles. The monoisotopic (exact) mass is 507 g/mol. The van der Waals surface area contributed by atoms with E-state index in [-0.39, 0.29) is 25.5 Å². The van der Waals surface area contributed by atoms with Gasteiger partial charge in [-0.05, 0) is 60.3 Å². The number of aliphatic hydroxyl groups is 1. The second kappa shape index (κ2) is 11.2. The van der Waals surface area contributed by atoms with Crippen LogP contribution in [0.3, 0.4) is 0 Å². The van der Waals surface area contributed by atoms with E-state index in [2.05, 4.69) is 16.7 Å². The quantitative estimate of drug-likeness (QED) is 0.394. The first-order chi connectivity index (χ1) is 16.9. The number of nitrogens with zero attached hydrogens (tertiary/aromatic N) is 1. The maximum absolute atomic E-state index is 13.6. The smallest absolute Gasteiger partial charge is 0.408 e. The summed E-state index contributed by atoms with van der Waals surface area (Å²) in [6.45, 7) is 9.06. The van der Waals surface area contributed by atoms with E-state index in [1.54, 1.807) is 27.7 Å². The molecule has 1 saturated heterocycles. The summed E-state index contributed by atoms with van der Waals surface area (Å²) >= 11 is 0. The number of hydrogen-bond donors (Lipinski definition) is 3. The summed E-state index contributed by atoms with van der Waals surface area (Å²) in [6, 6.07) is -1.85. The van der Waals surface area contributed by atoms with Crippen molar-refractivity contribution in [3.05, 3.63) is 11.6 Å². The van der Waals surface area contributed by atoms with Crippen LogP contribution in [0.15, 0.2) is 11.6 Å². The molecule has 0 radical (unpaired) electrons. The molecule has 2 fully saturated rings. The van der Waals surface area contributed by atoms with Crippen LogP contribution in [0.4, 0.5) is 4.79 Å². The number of carbonyl (C=O) groups is 4. The Morgan fingerprint density at radius 2 is 1.97 bits per heavy atom. The fraction of sp³-hybridized carbons (Fsp3) is 0.769. The van der Waals surface area contributed by atoms with Crippen molar-refractivity contribution < 1.29 is 33.8 Å². The fourth-order valence-corrected chi connectivity index (χ4v) is 5.15. The maximum Gasteiger partial charge on any atom is 0.408 e. The zero-order chi connectivity index (χ0) is 26.7. The zero-order valence-electron chi connectivity index (χ0n) is 22.1. The molecule has 0 aromatic rings. The predicted octanol–water partition coefficient (Wildman–Crippen LogP) is 2.19. The van der Waals surface area contributed by atoms with Crippen molar-refractivity contribution in [3.8, 4) is 0 Å². The van der Waals surface area contributed by atoms with Crippen molar-refractivity contribution in [2.45, 2.75) is 109 Å². The Kier molecular flexibility index (Phi) is 8.69. The molecule has 10 nitrogen and oxygen atoms in total. The molecule has 5 atom stereocenters. The Morgan fingerprint density at radius 3 is 2.64 bits per heavy atom. The lowest BCUT2D eigenvalue weighted by Gasteiger charge is -2.30. The average Bonchev–Trinajstić information content (AvgIpc) is 3.37. The van der Waals surface area contributed by atoms with Gasteiger partial charge in [-0.1, -0.05) is 24.5 Å². The summed E-state index contributed by atoms with van der Waals surface area (Å²) in [5.74, 6) is -1.60. The number of fused-ring (bicyclic) bond motifs is 2. The summed E-state index contributed by atoms with van der Waals surface area (Å²) in [4.78, 5) is 53.7. The molecule has 3 N–H and O–H groups in total. The molecular formula is C26H41N3O7. The third kappa shape index (κ3) is 6.57. The minimum atomic E-state index is -1.16. The number of aliphatic hydroxyl groups excluding tert-OH is 1. The van der Waals surface area contributed by atoms with Gasteiger partial charge in [0.1, 0.15) is 23.2 Å². The largest absolute Gasteiger partial charge is 0.464 e. The average molecular weight is 508 g/mol. The Morgan fingerprint density at radius 1 is 1.25 bits per heavy atom. The summed E-state index contributed by atoms with van der Waals surface area (Å²) in [5, 5.41) is 15.9. The normalized spacial score (nSPS) is 31.6. The molecule has 10 heteroatoms. The third-order valence-electron chi connectivity index (χ3n) is 7.01. The van der Waals surface area contributed by atoms with Crippen molar-refractivity contribution in [1.82, 2.24) is 15.5 Å². The Labute approximate surface area is 213 Å². The van der Waals surface area contributed by atoms with Crippen LogP contribution in [-0.4, -0.2) is 76.4 Å². The van der Waals surface area contributed by atoms with E-state index in [0.717, 1.165) is 24.8 Å². The van der Waals surface area contributed by atoms with Gasteiger partial charge in [-0.25, -0.2) is 9.59 Å². The highest BCUT2D eigenvalue weighted by Crippen LogP contribution is 2.49. The van der Waals surface area contributed by atoms with Gasteiger partial charge < -0.3 is 30.1 Å². The lowest BCUT2D eigenvalue weighted by Crippen LogP contribution is -2.56. The van der Waals surface area contributed by atoms with Gasteiger partial charge in [-0.3, -0.25) is 9.59 Å². The van der Waals surface area contributed by atoms with Gasteiger partial charge >= 0.3 is 12.1 Å². The second-order valence-electron chi connectivity index (χ2n) is 11.1. The SMILES string of the molecule is CCOC(=O)[C@@]12C[C@H]1C(C)=CCCCCC[C@H](NC(=O)OC(C)(C)C)C(=O)N1C[C@@H](O)C[C@H]1C(=O)N2. The van der Waals surface area contributed by atoms with Crippen molar-refractivity contribution >= 4 is 23.9 Å². The third-order valence-corrected chi connectivity index (χ3v) is 7.01. The van der Waals surface area contributed by atoms with Gasteiger partial charge in [0.15, 0.2) is 0 Å². The van der Waals surface area contributed by atoms with Crippen molar-refractivity contribution in [2.75, 3.05) is 13.2 Å². The van der Waals surface area contributed by atoms with E-state index in [4.69, 9.17) is 9.47 Å². The number of hydrogen-bond acceptors (Lipinski definition) is 7. The molecule has 0 aromatic heterocycles. The summed E-state index contributed by atoms with van der Waals surface area (Å²) in [7, 11) is 0. The molecule has 1 aliphatic carbocycles. The van der Waals surface area contributed by atoms with Gasteiger partial charge in [0.05, 0.1) is 12.7 Å². The van der Waals surface area contributed by atoms with E-state index in [1.807, 2.05) is 6.92 Å². The zero-order valence-corrected chi connectivity index (χ0v) is 22.1. The number of amides is 3. The molecule has 1 saturated carbocycles. The number of rotatable bonds is 3. The van der Waals surface area contributed by atoms with Crippen LogP contribution in [0, 0.1) is 5.92 Å². The van der Waals surface area contributed by atoms with Gasteiger partial charge in [0.2, 0.25) is 11.8 Å². The summed E-state index contributed by atoms with van der Waals surface area (Å²) in [5.41, 5.74) is -0.863. The standard InChI is InChI=1S/C26H41N3O7/c1-6-35-23(33)26-14-18(26)16(2)11-9-7-8-10-12-19(27-24(34)36-25(3,4)5)22(32)29-15-17(30)13-20(29)21(31)28-26/h11,17-20,30H,6-10,12-15H2,1-5H3,(H,27,34)(H,28,31)/t17-,18-,19-,20-,26+/m0/s1. The van der Waals surface area contributed by atoms with Gasteiger partial charge in [0, 0.05) is 18.9 Å². The molecule has 36 heavy (non-hydrogen) atoms. The van der Waals surface area contributed by atoms with Crippen LogP contribution in [0.25, 0.3) is 0 Å². The molecule has 0 aromatic carbocycles. The van der Waals surface area contributed by atoms with Crippen LogP contribution in [0.1, 0.15) is 79.6 Å². The van der Waals surface area contributed by atoms with Gasteiger partial charge in [0.25, 0.3) is 0 Å². The van der Waals surface area contributed by atoms with Gasteiger partial charge in [-0.2, -0.15) is 0 Å². The predicted molar refractivity (Wildman–Crippen MR) is 132 cm³/mol. The number of ether oxygens (including phenoxy) is 2. The van der Waals surface area contributed by atoms with Crippen LogP contribution in [0.5, 0.6) is 0 Å². The van der Waals surface area contributed by atoms with Crippen molar-refractivity contribution in [2.24, 2.45) is 5.92 Å². The number of carbonyl (C=O) groups excluding carboxylic acids is 4. The first-order valence-corrected chi connectivity index (χ1v) is 13.0. The van der Waals surface area contributed by atoms with E-state index < -0.39 is 53.2 Å². The fourth-order valence-electron chi connectivity index (χ4n) is 5.15. The topological polar surface area (TPSA) is 134 Å². The lowest BCUT2D eigenvalue weighted by atomic mass is 10.0. The minimum absolute atomic E-state index is 0.0296. The first kappa shape index (κ1) is 28.0. The highest BCUT2D eigenvalue weighted by molar-refractivity contribution is 5.96. The summed E-state index contributed by atoms with van der Waals surface area (Å²) < 4.78 is 10.6. The molecule has 202 valence electrons. The number of nitrogens with one attached hydrogen (secondary N) is 2. The highest BCUT2D eigenvalue weighted by atomic mass is 16.6. The molecule has 0 bridgehead atoms. The Hall–Kier alpha value is -2.62. The molecular weight excluding hydrogens is 466 g/mol. The van der Waals surface area contributed by atoms with Gasteiger partial charge in [-0.15, -0.1) is 0 Å². The van der Waals surface area contributed by atoms with Crippen LogP contribution < -0.4 is 10.6 Å². The van der Waals surface area contributed by atoms with E-state index in [0.29, 0.717) is 19.3 Å². The Balaban J connectivity index is 1.88. The Bertz CT molecular complexity index is 896.